The van der Waals surface area contributed by atoms with E-state index in [1.165, 1.54) is 11.1 Å². The maximum Gasteiger partial charge on any atom is 0.266 e. The van der Waals surface area contributed by atoms with Gasteiger partial charge in [0.15, 0.2) is 0 Å². The Morgan fingerprint density at radius 2 is 1.67 bits per heavy atom. The number of aryl methyl sites for hydroxylation is 1. The number of carbonyl (C=O) groups is 1. The van der Waals surface area contributed by atoms with Gasteiger partial charge in [0.25, 0.3) is 5.91 Å². The highest BCUT2D eigenvalue weighted by Gasteiger charge is 2.18. The van der Waals surface area contributed by atoms with Crippen LogP contribution in [0.25, 0.3) is 10.1 Å². The monoisotopic (exact) mass is 435 g/mol. The van der Waals surface area contributed by atoms with Crippen molar-refractivity contribution in [3.05, 3.63) is 98.8 Å². The topological polar surface area (TPSA) is 29.1 Å². The van der Waals surface area contributed by atoms with E-state index in [0.29, 0.717) is 0 Å². The molecule has 0 radical (unpaired) electrons. The smallest absolute Gasteiger partial charge is 0.266 e. The van der Waals surface area contributed by atoms with E-state index < -0.39 is 0 Å². The molecule has 0 atom stereocenters. The lowest BCUT2D eigenvalue weighted by atomic mass is 10.0. The highest BCUT2D eigenvalue weighted by molar-refractivity contribution is 9.10. The molecule has 1 N–H and O–H groups in total. The zero-order valence-corrected chi connectivity index (χ0v) is 17.2. The molecular weight excluding hydrogens is 418 g/mol. The predicted molar refractivity (Wildman–Crippen MR) is 118 cm³/mol. The first-order chi connectivity index (χ1) is 13.1. The summed E-state index contributed by atoms with van der Waals surface area (Å²) >= 11 is 4.98. The van der Waals surface area contributed by atoms with E-state index in [4.69, 9.17) is 0 Å². The first kappa shape index (κ1) is 18.0. The molecule has 0 aliphatic heterocycles. The summed E-state index contributed by atoms with van der Waals surface area (Å²) in [6.07, 6.45) is 0.743. The summed E-state index contributed by atoms with van der Waals surface area (Å²) in [6, 6.07) is 24.4. The predicted octanol–water partition coefficient (Wildman–Crippen LogP) is 6.82. The van der Waals surface area contributed by atoms with Gasteiger partial charge in [0, 0.05) is 14.9 Å². The molecule has 4 heteroatoms. The van der Waals surface area contributed by atoms with Crippen molar-refractivity contribution in [1.29, 1.82) is 0 Å². The van der Waals surface area contributed by atoms with Gasteiger partial charge < -0.3 is 5.32 Å². The van der Waals surface area contributed by atoms with Crippen molar-refractivity contribution in [3.63, 3.8) is 0 Å². The van der Waals surface area contributed by atoms with Crippen LogP contribution in [0.15, 0.2) is 77.3 Å². The van der Waals surface area contributed by atoms with E-state index in [1.54, 1.807) is 11.3 Å². The Bertz CT molecular complexity index is 1100. The Balaban J connectivity index is 1.71. The molecule has 1 aromatic heterocycles. The molecule has 0 bridgehead atoms. The molecule has 134 valence electrons. The van der Waals surface area contributed by atoms with Gasteiger partial charge in [-0.25, -0.2) is 0 Å². The Morgan fingerprint density at radius 3 is 2.41 bits per heavy atom. The second-order valence-electron chi connectivity index (χ2n) is 6.53. The van der Waals surface area contributed by atoms with E-state index in [0.717, 1.165) is 37.1 Å². The summed E-state index contributed by atoms with van der Waals surface area (Å²) in [5.41, 5.74) is 4.33. The molecule has 27 heavy (non-hydrogen) atoms. The van der Waals surface area contributed by atoms with Gasteiger partial charge in [0.2, 0.25) is 0 Å². The number of rotatable bonds is 4. The summed E-state index contributed by atoms with van der Waals surface area (Å²) in [6.45, 7) is 2.08. The number of anilines is 1. The summed E-state index contributed by atoms with van der Waals surface area (Å²) in [7, 11) is 0. The minimum Gasteiger partial charge on any atom is -0.321 e. The fourth-order valence-corrected chi connectivity index (χ4v) is 4.47. The Kier molecular flexibility index (Phi) is 5.10. The third-order valence-corrected chi connectivity index (χ3v) is 6.25. The molecule has 0 aliphatic rings. The molecule has 0 unspecified atom stereocenters. The maximum atomic E-state index is 13.0. The molecule has 4 rings (SSSR count). The zero-order chi connectivity index (χ0) is 18.8. The van der Waals surface area contributed by atoms with E-state index >= 15 is 0 Å². The SMILES string of the molecule is Cc1ccc(Cc2c(C(=O)Nc3ccc(Br)cc3)sc3ccccc23)cc1. The fourth-order valence-electron chi connectivity index (χ4n) is 3.09. The zero-order valence-electron chi connectivity index (χ0n) is 14.8. The average molecular weight is 436 g/mol. The minimum absolute atomic E-state index is 0.0550. The van der Waals surface area contributed by atoms with Crippen LogP contribution in [0.1, 0.15) is 26.4 Å². The number of hydrogen-bond acceptors (Lipinski definition) is 2. The van der Waals surface area contributed by atoms with Gasteiger partial charge in [0.05, 0.1) is 4.88 Å². The molecule has 0 aliphatic carbocycles. The quantitative estimate of drug-likeness (QED) is 0.374. The van der Waals surface area contributed by atoms with Gasteiger partial charge in [-0.15, -0.1) is 11.3 Å². The highest BCUT2D eigenvalue weighted by Crippen LogP contribution is 2.33. The standard InChI is InChI=1S/C23H18BrNOS/c1-15-6-8-16(9-7-15)14-20-19-4-2-3-5-21(19)27-22(20)23(26)25-18-12-10-17(24)11-13-18/h2-13H,14H2,1H3,(H,25,26). The second kappa shape index (κ2) is 7.67. The van der Waals surface area contributed by atoms with Crippen LogP contribution in [0.3, 0.4) is 0 Å². The van der Waals surface area contributed by atoms with Crippen molar-refractivity contribution < 1.29 is 4.79 Å². The Morgan fingerprint density at radius 1 is 0.963 bits per heavy atom. The number of hydrogen-bond donors (Lipinski definition) is 1. The molecule has 1 heterocycles. The largest absolute Gasteiger partial charge is 0.321 e. The fraction of sp³-hybridized carbons (Fsp3) is 0.0870. The molecule has 0 fully saturated rings. The number of nitrogens with one attached hydrogen (secondary N) is 1. The summed E-state index contributed by atoms with van der Waals surface area (Å²) in [5.74, 6) is -0.0550. The number of thiophene rings is 1. The maximum absolute atomic E-state index is 13.0. The van der Waals surface area contributed by atoms with Crippen LogP contribution in [-0.2, 0) is 6.42 Å². The average Bonchev–Trinajstić information content (AvgIpc) is 3.04. The Labute approximate surface area is 171 Å². The molecule has 0 spiro atoms. The van der Waals surface area contributed by atoms with E-state index in [9.17, 15) is 4.79 Å². The molecule has 0 saturated heterocycles. The Hall–Kier alpha value is -2.43. The van der Waals surface area contributed by atoms with Crippen molar-refractivity contribution in [2.75, 3.05) is 5.32 Å². The molecular formula is C23H18BrNOS. The lowest BCUT2D eigenvalue weighted by Gasteiger charge is -2.08. The number of fused-ring (bicyclic) bond motifs is 1. The van der Waals surface area contributed by atoms with Crippen molar-refractivity contribution in [3.8, 4) is 0 Å². The van der Waals surface area contributed by atoms with Crippen LogP contribution in [0.4, 0.5) is 5.69 Å². The van der Waals surface area contributed by atoms with E-state index in [2.05, 4.69) is 64.6 Å². The second-order valence-corrected chi connectivity index (χ2v) is 8.50. The number of benzene rings is 3. The lowest BCUT2D eigenvalue weighted by molar-refractivity contribution is 0.103. The normalized spacial score (nSPS) is 10.9. The molecule has 4 aromatic rings. The van der Waals surface area contributed by atoms with Crippen LogP contribution in [0.2, 0.25) is 0 Å². The van der Waals surface area contributed by atoms with Gasteiger partial charge in [-0.3, -0.25) is 4.79 Å². The summed E-state index contributed by atoms with van der Waals surface area (Å²) in [5, 5.41) is 4.19. The number of amides is 1. The van der Waals surface area contributed by atoms with Gasteiger partial charge >= 0.3 is 0 Å². The van der Waals surface area contributed by atoms with Gasteiger partial charge in [-0.05, 0) is 60.2 Å². The van der Waals surface area contributed by atoms with Crippen molar-refractivity contribution >= 4 is 48.9 Å². The first-order valence-corrected chi connectivity index (χ1v) is 10.3. The minimum atomic E-state index is -0.0550. The van der Waals surface area contributed by atoms with Gasteiger partial charge in [-0.1, -0.05) is 64.0 Å². The summed E-state index contributed by atoms with van der Waals surface area (Å²) < 4.78 is 2.13. The van der Waals surface area contributed by atoms with Crippen LogP contribution in [0, 0.1) is 6.92 Å². The van der Waals surface area contributed by atoms with Gasteiger partial charge in [0.1, 0.15) is 0 Å². The highest BCUT2D eigenvalue weighted by atomic mass is 79.9. The lowest BCUT2D eigenvalue weighted by Crippen LogP contribution is -2.12. The van der Waals surface area contributed by atoms with Crippen LogP contribution in [-0.4, -0.2) is 5.91 Å². The van der Waals surface area contributed by atoms with Crippen LogP contribution in [0.5, 0.6) is 0 Å². The van der Waals surface area contributed by atoms with Crippen molar-refractivity contribution in [2.24, 2.45) is 0 Å². The van der Waals surface area contributed by atoms with Gasteiger partial charge in [-0.2, -0.15) is 0 Å². The molecule has 3 aromatic carbocycles. The molecule has 2 nitrogen and oxygen atoms in total. The number of carbonyl (C=O) groups excluding carboxylic acids is 1. The van der Waals surface area contributed by atoms with Crippen LogP contribution >= 0.6 is 27.3 Å². The van der Waals surface area contributed by atoms with Crippen LogP contribution < -0.4 is 5.32 Å². The van der Waals surface area contributed by atoms with Crippen molar-refractivity contribution in [1.82, 2.24) is 0 Å². The first-order valence-electron chi connectivity index (χ1n) is 8.73. The van der Waals surface area contributed by atoms with Crippen molar-refractivity contribution in [2.45, 2.75) is 13.3 Å². The molecule has 1 amide bonds. The third-order valence-electron chi connectivity index (χ3n) is 4.51. The molecule has 0 saturated carbocycles. The number of halogens is 1. The third kappa shape index (κ3) is 3.97. The van der Waals surface area contributed by atoms with E-state index in [-0.39, 0.29) is 5.91 Å². The summed E-state index contributed by atoms with van der Waals surface area (Å²) in [4.78, 5) is 13.8. The van der Waals surface area contributed by atoms with E-state index in [1.807, 2.05) is 36.4 Å².